The van der Waals surface area contributed by atoms with Gasteiger partial charge in [0.15, 0.2) is 0 Å². The average Bonchev–Trinajstić information content (AvgIpc) is 2.38. The number of halogens is 3. The van der Waals surface area contributed by atoms with Crippen molar-refractivity contribution in [1.29, 1.82) is 0 Å². The molecule has 19 heavy (non-hydrogen) atoms. The van der Waals surface area contributed by atoms with Gasteiger partial charge in [0.25, 0.3) is 0 Å². The minimum absolute atomic E-state index is 0.106. The summed E-state index contributed by atoms with van der Waals surface area (Å²) in [7, 11) is 0. The number of rotatable bonds is 4. The van der Waals surface area contributed by atoms with Crippen LogP contribution >= 0.6 is 38.5 Å². The molecule has 0 aliphatic heterocycles. The Morgan fingerprint density at radius 1 is 1.26 bits per heavy atom. The molecule has 0 aliphatic carbocycles. The van der Waals surface area contributed by atoms with Crippen molar-refractivity contribution >= 4 is 38.5 Å². The zero-order chi connectivity index (χ0) is 13.8. The molecule has 0 heterocycles. The molecule has 0 aliphatic rings. The topological polar surface area (TPSA) is 38.0 Å². The molecule has 100 valence electrons. The molecule has 0 amide bonds. The van der Waals surface area contributed by atoms with E-state index in [9.17, 15) is 4.39 Å². The molecule has 0 spiro atoms. The molecule has 2 aromatic carbocycles. The van der Waals surface area contributed by atoms with Gasteiger partial charge in [0, 0.05) is 8.04 Å². The third-order valence-corrected chi connectivity index (χ3v) is 4.06. The number of nitrogens with two attached hydrogens (primary N) is 1. The third kappa shape index (κ3) is 3.98. The Kier molecular flexibility index (Phi) is 5.32. The fourth-order valence-electron chi connectivity index (χ4n) is 1.90. The zero-order valence-electron chi connectivity index (χ0n) is 10.0. The molecular formula is C14H13BrFIN2. The lowest BCUT2D eigenvalue weighted by Crippen LogP contribution is -2.29. The summed E-state index contributed by atoms with van der Waals surface area (Å²) in [6.45, 7) is 0. The molecule has 0 saturated heterocycles. The Morgan fingerprint density at radius 3 is 2.68 bits per heavy atom. The van der Waals surface area contributed by atoms with E-state index in [1.165, 1.54) is 6.07 Å². The monoisotopic (exact) mass is 434 g/mol. The van der Waals surface area contributed by atoms with Crippen LogP contribution in [0.15, 0.2) is 46.9 Å². The Labute approximate surface area is 133 Å². The Morgan fingerprint density at radius 2 is 2.05 bits per heavy atom. The van der Waals surface area contributed by atoms with Gasteiger partial charge in [-0.3, -0.25) is 11.3 Å². The lowest BCUT2D eigenvalue weighted by Gasteiger charge is -2.17. The van der Waals surface area contributed by atoms with Crippen molar-refractivity contribution < 1.29 is 4.39 Å². The van der Waals surface area contributed by atoms with E-state index in [0.717, 1.165) is 13.6 Å². The van der Waals surface area contributed by atoms with Crippen LogP contribution in [0.5, 0.6) is 0 Å². The summed E-state index contributed by atoms with van der Waals surface area (Å²) in [6, 6.07) is 13.0. The maximum absolute atomic E-state index is 13.8. The smallest absolute Gasteiger partial charge is 0.127 e. The van der Waals surface area contributed by atoms with Crippen LogP contribution < -0.4 is 11.3 Å². The fraction of sp³-hybridized carbons (Fsp3) is 0.143. The van der Waals surface area contributed by atoms with Crippen molar-refractivity contribution in [2.24, 2.45) is 5.84 Å². The fourth-order valence-corrected chi connectivity index (χ4v) is 2.80. The molecule has 3 N–H and O–H groups in total. The summed E-state index contributed by atoms with van der Waals surface area (Å²) in [5.41, 5.74) is 4.45. The highest BCUT2D eigenvalue weighted by Crippen LogP contribution is 2.23. The molecule has 0 saturated carbocycles. The molecule has 1 unspecified atom stereocenters. The van der Waals surface area contributed by atoms with E-state index >= 15 is 0 Å². The van der Waals surface area contributed by atoms with E-state index in [2.05, 4.69) is 43.9 Å². The van der Waals surface area contributed by atoms with Crippen LogP contribution in [0.4, 0.5) is 4.39 Å². The number of nitrogens with one attached hydrogen (secondary N) is 1. The molecule has 1 atom stereocenters. The first-order valence-corrected chi connectivity index (χ1v) is 7.63. The molecule has 0 aromatic heterocycles. The van der Waals surface area contributed by atoms with Crippen molar-refractivity contribution in [2.75, 3.05) is 0 Å². The van der Waals surface area contributed by atoms with E-state index in [4.69, 9.17) is 5.84 Å². The SMILES string of the molecule is NNC(Cc1ccc(Br)cc1F)c1cccc(I)c1. The van der Waals surface area contributed by atoms with Gasteiger partial charge in [-0.2, -0.15) is 0 Å². The largest absolute Gasteiger partial charge is 0.271 e. The summed E-state index contributed by atoms with van der Waals surface area (Å²) in [5.74, 6) is 5.38. The zero-order valence-corrected chi connectivity index (χ0v) is 13.8. The molecule has 0 bridgehead atoms. The summed E-state index contributed by atoms with van der Waals surface area (Å²) in [6.07, 6.45) is 0.510. The second kappa shape index (κ2) is 6.78. The number of benzene rings is 2. The van der Waals surface area contributed by atoms with Crippen LogP contribution in [-0.4, -0.2) is 0 Å². The van der Waals surface area contributed by atoms with Crippen LogP contribution in [0.2, 0.25) is 0 Å². The van der Waals surface area contributed by atoms with Gasteiger partial charge < -0.3 is 0 Å². The number of hydrogen-bond acceptors (Lipinski definition) is 2. The lowest BCUT2D eigenvalue weighted by atomic mass is 9.99. The second-order valence-corrected chi connectivity index (χ2v) is 6.38. The molecule has 0 fully saturated rings. The van der Waals surface area contributed by atoms with Crippen LogP contribution in [0.25, 0.3) is 0 Å². The summed E-state index contributed by atoms with van der Waals surface area (Å²) in [4.78, 5) is 0. The van der Waals surface area contributed by atoms with Gasteiger partial charge in [-0.05, 0) is 64.4 Å². The van der Waals surface area contributed by atoms with Gasteiger partial charge in [0.05, 0.1) is 6.04 Å². The van der Waals surface area contributed by atoms with E-state index in [1.807, 2.05) is 30.3 Å². The van der Waals surface area contributed by atoms with E-state index in [-0.39, 0.29) is 11.9 Å². The van der Waals surface area contributed by atoms with Crippen LogP contribution in [0, 0.1) is 9.39 Å². The predicted octanol–water partition coefficient (Wildman–Crippen LogP) is 3.94. The Bertz CT molecular complexity index is 577. The van der Waals surface area contributed by atoms with Crippen molar-refractivity contribution in [3.05, 3.63) is 67.5 Å². The van der Waals surface area contributed by atoms with Gasteiger partial charge >= 0.3 is 0 Å². The average molecular weight is 435 g/mol. The highest BCUT2D eigenvalue weighted by Gasteiger charge is 2.13. The first-order valence-electron chi connectivity index (χ1n) is 5.75. The highest BCUT2D eigenvalue weighted by molar-refractivity contribution is 14.1. The number of hydrogen-bond donors (Lipinski definition) is 2. The van der Waals surface area contributed by atoms with Crippen molar-refractivity contribution in [2.45, 2.75) is 12.5 Å². The maximum atomic E-state index is 13.8. The van der Waals surface area contributed by atoms with Gasteiger partial charge in [-0.1, -0.05) is 34.1 Å². The molecule has 2 rings (SSSR count). The molecular weight excluding hydrogens is 422 g/mol. The van der Waals surface area contributed by atoms with E-state index in [0.29, 0.717) is 12.0 Å². The highest BCUT2D eigenvalue weighted by atomic mass is 127. The van der Waals surface area contributed by atoms with Crippen molar-refractivity contribution in [3.63, 3.8) is 0 Å². The molecule has 5 heteroatoms. The quantitative estimate of drug-likeness (QED) is 0.434. The molecule has 2 aromatic rings. The summed E-state index contributed by atoms with van der Waals surface area (Å²) in [5, 5.41) is 0. The van der Waals surface area contributed by atoms with Gasteiger partial charge in [0.1, 0.15) is 5.82 Å². The first-order chi connectivity index (χ1) is 9.10. The van der Waals surface area contributed by atoms with Crippen molar-refractivity contribution in [1.82, 2.24) is 5.43 Å². The van der Waals surface area contributed by atoms with Crippen LogP contribution in [0.3, 0.4) is 0 Å². The Hall–Kier alpha value is -0.500. The predicted molar refractivity (Wildman–Crippen MR) is 87.0 cm³/mol. The maximum Gasteiger partial charge on any atom is 0.127 e. The normalized spacial score (nSPS) is 12.4. The minimum Gasteiger partial charge on any atom is -0.271 e. The van der Waals surface area contributed by atoms with Gasteiger partial charge in [-0.15, -0.1) is 0 Å². The first kappa shape index (κ1) is 14.9. The molecule has 2 nitrogen and oxygen atoms in total. The summed E-state index contributed by atoms with van der Waals surface area (Å²) >= 11 is 5.50. The number of hydrazine groups is 1. The van der Waals surface area contributed by atoms with Crippen LogP contribution in [-0.2, 0) is 6.42 Å². The van der Waals surface area contributed by atoms with Gasteiger partial charge in [0.2, 0.25) is 0 Å². The van der Waals surface area contributed by atoms with Gasteiger partial charge in [-0.25, -0.2) is 4.39 Å². The summed E-state index contributed by atoms with van der Waals surface area (Å²) < 4.78 is 15.7. The Balaban J connectivity index is 2.24. The van der Waals surface area contributed by atoms with Crippen LogP contribution in [0.1, 0.15) is 17.2 Å². The second-order valence-electron chi connectivity index (χ2n) is 4.21. The third-order valence-electron chi connectivity index (χ3n) is 2.89. The lowest BCUT2D eigenvalue weighted by molar-refractivity contribution is 0.528. The minimum atomic E-state index is -0.222. The van der Waals surface area contributed by atoms with E-state index in [1.54, 1.807) is 6.07 Å². The standard InChI is InChI=1S/C14H13BrFIN2/c15-11-5-4-9(13(16)8-11)7-14(19-18)10-2-1-3-12(17)6-10/h1-6,8,14,19H,7,18H2. The van der Waals surface area contributed by atoms with E-state index < -0.39 is 0 Å². The van der Waals surface area contributed by atoms with Crippen molar-refractivity contribution in [3.8, 4) is 0 Å². The molecule has 0 radical (unpaired) electrons.